The van der Waals surface area contributed by atoms with Crippen molar-refractivity contribution in [2.24, 2.45) is 5.92 Å². The molecular formula is C10H22O. The van der Waals surface area contributed by atoms with Crippen molar-refractivity contribution >= 4 is 0 Å². The minimum Gasteiger partial charge on any atom is -0.390 e. The van der Waals surface area contributed by atoms with Gasteiger partial charge in [-0.15, -0.1) is 0 Å². The Morgan fingerprint density at radius 3 is 2.27 bits per heavy atom. The lowest BCUT2D eigenvalue weighted by Crippen LogP contribution is -2.25. The highest BCUT2D eigenvalue weighted by molar-refractivity contribution is 4.73. The van der Waals surface area contributed by atoms with Crippen LogP contribution in [0.15, 0.2) is 0 Å². The Labute approximate surface area is 70.8 Å². The zero-order valence-corrected chi connectivity index (χ0v) is 8.35. The van der Waals surface area contributed by atoms with Gasteiger partial charge in [0.25, 0.3) is 0 Å². The summed E-state index contributed by atoms with van der Waals surface area (Å²) in [7, 11) is 0. The third-order valence-corrected chi connectivity index (χ3v) is 1.92. The van der Waals surface area contributed by atoms with Crippen molar-refractivity contribution in [2.45, 2.75) is 59.0 Å². The zero-order chi connectivity index (χ0) is 8.91. The molecular weight excluding hydrogens is 136 g/mol. The van der Waals surface area contributed by atoms with Gasteiger partial charge in [0.05, 0.1) is 5.60 Å². The van der Waals surface area contributed by atoms with E-state index in [0.717, 1.165) is 19.3 Å². The van der Waals surface area contributed by atoms with Crippen LogP contribution in [0.3, 0.4) is 0 Å². The van der Waals surface area contributed by atoms with Crippen molar-refractivity contribution in [3.8, 4) is 0 Å². The quantitative estimate of drug-likeness (QED) is 0.652. The summed E-state index contributed by atoms with van der Waals surface area (Å²) in [5.41, 5.74) is -0.426. The Morgan fingerprint density at radius 2 is 1.91 bits per heavy atom. The number of unbranched alkanes of at least 4 members (excludes halogenated alkanes) is 1. The van der Waals surface area contributed by atoms with Crippen molar-refractivity contribution in [1.82, 2.24) is 0 Å². The molecule has 0 amide bonds. The normalized spacial score (nSPS) is 16.9. The van der Waals surface area contributed by atoms with Gasteiger partial charge >= 0.3 is 0 Å². The highest BCUT2D eigenvalue weighted by atomic mass is 16.3. The summed E-state index contributed by atoms with van der Waals surface area (Å²) < 4.78 is 0. The van der Waals surface area contributed by atoms with Crippen LogP contribution in [0.2, 0.25) is 0 Å². The monoisotopic (exact) mass is 158 g/mol. The highest BCUT2D eigenvalue weighted by Gasteiger charge is 2.20. The predicted octanol–water partition coefficient (Wildman–Crippen LogP) is 2.97. The third-order valence-electron chi connectivity index (χ3n) is 1.92. The molecule has 0 rings (SSSR count). The van der Waals surface area contributed by atoms with Crippen LogP contribution in [-0.4, -0.2) is 10.7 Å². The van der Waals surface area contributed by atoms with E-state index in [0.29, 0.717) is 5.92 Å². The van der Waals surface area contributed by atoms with E-state index in [9.17, 15) is 5.11 Å². The van der Waals surface area contributed by atoms with E-state index in [-0.39, 0.29) is 0 Å². The first-order chi connectivity index (χ1) is 4.98. The van der Waals surface area contributed by atoms with Crippen LogP contribution >= 0.6 is 0 Å². The molecule has 0 radical (unpaired) electrons. The van der Waals surface area contributed by atoms with Gasteiger partial charge in [0.2, 0.25) is 0 Å². The first-order valence-electron chi connectivity index (χ1n) is 4.70. The van der Waals surface area contributed by atoms with Crippen LogP contribution in [0, 0.1) is 5.92 Å². The van der Waals surface area contributed by atoms with Crippen molar-refractivity contribution < 1.29 is 5.11 Å². The summed E-state index contributed by atoms with van der Waals surface area (Å²) in [5, 5.41) is 9.82. The molecule has 0 heterocycles. The maximum absolute atomic E-state index is 9.82. The minimum atomic E-state index is -0.426. The summed E-state index contributed by atoms with van der Waals surface area (Å²) in [6.07, 6.45) is 4.18. The number of rotatable bonds is 5. The molecule has 0 spiro atoms. The Morgan fingerprint density at radius 1 is 1.36 bits per heavy atom. The van der Waals surface area contributed by atoms with Gasteiger partial charge in [-0.25, -0.2) is 0 Å². The molecule has 1 N–H and O–H groups in total. The molecule has 1 nitrogen and oxygen atoms in total. The van der Waals surface area contributed by atoms with Gasteiger partial charge in [0.1, 0.15) is 0 Å². The predicted molar refractivity (Wildman–Crippen MR) is 49.6 cm³/mol. The lowest BCUT2D eigenvalue weighted by molar-refractivity contribution is 0.0279. The summed E-state index contributed by atoms with van der Waals surface area (Å²) >= 11 is 0. The Hall–Kier alpha value is -0.0400. The standard InChI is InChI=1S/C10H22O/c1-5-6-7-10(4,11)8-9(2)3/h9,11H,5-8H2,1-4H3. The van der Waals surface area contributed by atoms with Crippen LogP contribution in [0.5, 0.6) is 0 Å². The summed E-state index contributed by atoms with van der Waals surface area (Å²) in [6, 6.07) is 0. The van der Waals surface area contributed by atoms with Gasteiger partial charge in [-0.1, -0.05) is 33.6 Å². The van der Waals surface area contributed by atoms with Gasteiger partial charge in [-0.05, 0) is 25.7 Å². The number of hydrogen-bond acceptors (Lipinski definition) is 1. The molecule has 11 heavy (non-hydrogen) atoms. The molecule has 0 aromatic carbocycles. The second kappa shape index (κ2) is 4.76. The topological polar surface area (TPSA) is 20.2 Å². The molecule has 0 bridgehead atoms. The van der Waals surface area contributed by atoms with Crippen LogP contribution < -0.4 is 0 Å². The molecule has 0 saturated carbocycles. The highest BCUT2D eigenvalue weighted by Crippen LogP contribution is 2.21. The molecule has 0 aromatic heterocycles. The van der Waals surface area contributed by atoms with Crippen LogP contribution in [-0.2, 0) is 0 Å². The molecule has 0 fully saturated rings. The maximum Gasteiger partial charge on any atom is 0.0622 e. The van der Waals surface area contributed by atoms with E-state index >= 15 is 0 Å². The summed E-state index contributed by atoms with van der Waals surface area (Å²) in [5.74, 6) is 0.599. The maximum atomic E-state index is 9.82. The first-order valence-corrected chi connectivity index (χ1v) is 4.70. The van der Waals surface area contributed by atoms with Crippen molar-refractivity contribution in [3.05, 3.63) is 0 Å². The number of aliphatic hydroxyl groups is 1. The molecule has 1 heteroatoms. The van der Waals surface area contributed by atoms with E-state index in [1.54, 1.807) is 0 Å². The molecule has 0 aliphatic heterocycles. The lowest BCUT2D eigenvalue weighted by atomic mass is 9.90. The molecule has 68 valence electrons. The lowest BCUT2D eigenvalue weighted by Gasteiger charge is -2.24. The molecule has 0 aromatic rings. The fourth-order valence-corrected chi connectivity index (χ4v) is 1.54. The number of hydrogen-bond donors (Lipinski definition) is 1. The zero-order valence-electron chi connectivity index (χ0n) is 8.35. The van der Waals surface area contributed by atoms with Crippen LogP contribution in [0.4, 0.5) is 0 Å². The second-order valence-electron chi connectivity index (χ2n) is 4.20. The average molecular weight is 158 g/mol. The van der Waals surface area contributed by atoms with Gasteiger partial charge in [0, 0.05) is 0 Å². The smallest absolute Gasteiger partial charge is 0.0622 e. The largest absolute Gasteiger partial charge is 0.390 e. The van der Waals surface area contributed by atoms with E-state index in [4.69, 9.17) is 0 Å². The third kappa shape index (κ3) is 6.36. The first kappa shape index (κ1) is 11.0. The van der Waals surface area contributed by atoms with E-state index < -0.39 is 5.60 Å². The fraction of sp³-hybridized carbons (Fsp3) is 1.00. The fourth-order valence-electron chi connectivity index (χ4n) is 1.54. The summed E-state index contributed by atoms with van der Waals surface area (Å²) in [6.45, 7) is 8.41. The second-order valence-corrected chi connectivity index (χ2v) is 4.20. The molecule has 0 aliphatic rings. The van der Waals surface area contributed by atoms with Gasteiger partial charge in [0.15, 0.2) is 0 Å². The minimum absolute atomic E-state index is 0.426. The molecule has 1 unspecified atom stereocenters. The van der Waals surface area contributed by atoms with E-state index in [1.807, 2.05) is 6.92 Å². The van der Waals surface area contributed by atoms with Gasteiger partial charge < -0.3 is 5.11 Å². The van der Waals surface area contributed by atoms with Gasteiger partial charge in [-0.2, -0.15) is 0 Å². The van der Waals surface area contributed by atoms with E-state index in [1.165, 1.54) is 6.42 Å². The van der Waals surface area contributed by atoms with Crippen LogP contribution in [0.25, 0.3) is 0 Å². The van der Waals surface area contributed by atoms with Gasteiger partial charge in [-0.3, -0.25) is 0 Å². The Kier molecular flexibility index (Phi) is 4.74. The molecule has 0 aliphatic carbocycles. The Bertz CT molecular complexity index is 95.0. The average Bonchev–Trinajstić information content (AvgIpc) is 1.81. The van der Waals surface area contributed by atoms with Crippen LogP contribution in [0.1, 0.15) is 53.4 Å². The van der Waals surface area contributed by atoms with Crippen molar-refractivity contribution in [3.63, 3.8) is 0 Å². The van der Waals surface area contributed by atoms with Crippen molar-refractivity contribution in [1.29, 1.82) is 0 Å². The van der Waals surface area contributed by atoms with E-state index in [2.05, 4.69) is 20.8 Å². The summed E-state index contributed by atoms with van der Waals surface area (Å²) in [4.78, 5) is 0. The van der Waals surface area contributed by atoms with Crippen molar-refractivity contribution in [2.75, 3.05) is 0 Å². The molecule has 0 saturated heterocycles. The SMILES string of the molecule is CCCCC(C)(O)CC(C)C. The Balaban J connectivity index is 3.61. The molecule has 1 atom stereocenters.